The van der Waals surface area contributed by atoms with Crippen LogP contribution in [0, 0.1) is 5.92 Å². The molecule has 2 aliphatic rings. The minimum Gasteiger partial charge on any atom is -0.384 e. The van der Waals surface area contributed by atoms with E-state index in [1.165, 1.54) is 5.57 Å². The molecule has 3 heteroatoms. The van der Waals surface area contributed by atoms with E-state index in [1.807, 2.05) is 34.7 Å². The third-order valence-corrected chi connectivity index (χ3v) is 3.30. The Morgan fingerprint density at radius 2 is 1.85 bits per heavy atom. The maximum absolute atomic E-state index is 11.4. The number of hydrogen-bond acceptors (Lipinski definition) is 3. The molecule has 0 aromatic rings. The molecular formula is C17H30N2O. The molecule has 3 unspecified atom stereocenters. The summed E-state index contributed by atoms with van der Waals surface area (Å²) in [7, 11) is 1.84. The van der Waals surface area contributed by atoms with Gasteiger partial charge in [0.25, 0.3) is 0 Å². The van der Waals surface area contributed by atoms with Gasteiger partial charge in [0.15, 0.2) is 0 Å². The van der Waals surface area contributed by atoms with Gasteiger partial charge < -0.3 is 10.6 Å². The lowest BCUT2D eigenvalue weighted by Gasteiger charge is -2.21. The molecule has 0 saturated carbocycles. The lowest BCUT2D eigenvalue weighted by Crippen LogP contribution is -2.34. The van der Waals surface area contributed by atoms with Crippen LogP contribution in [-0.2, 0) is 4.79 Å². The molecule has 0 amide bonds. The summed E-state index contributed by atoms with van der Waals surface area (Å²) in [5.41, 5.74) is 1.31. The number of fused-ring (bicyclic) bond motifs is 1. The van der Waals surface area contributed by atoms with Crippen molar-refractivity contribution in [3.05, 3.63) is 36.1 Å². The van der Waals surface area contributed by atoms with Gasteiger partial charge in [-0.3, -0.25) is 4.79 Å². The van der Waals surface area contributed by atoms with Crippen LogP contribution in [-0.4, -0.2) is 24.9 Å². The zero-order valence-electron chi connectivity index (χ0n) is 13.7. The summed E-state index contributed by atoms with van der Waals surface area (Å²) >= 11 is 0. The first kappa shape index (κ1) is 18.7. The largest absolute Gasteiger partial charge is 0.384 e. The molecule has 2 N–H and O–H groups in total. The Kier molecular flexibility index (Phi) is 9.73. The molecule has 1 aliphatic carbocycles. The van der Waals surface area contributed by atoms with Gasteiger partial charge in [0.2, 0.25) is 0 Å². The fourth-order valence-corrected chi connectivity index (χ4v) is 2.30. The molecule has 1 heterocycles. The second-order valence-electron chi connectivity index (χ2n) is 4.36. The van der Waals surface area contributed by atoms with Crippen molar-refractivity contribution in [2.45, 2.75) is 53.1 Å². The Morgan fingerprint density at radius 3 is 2.40 bits per heavy atom. The van der Waals surface area contributed by atoms with Crippen LogP contribution in [0.1, 0.15) is 41.0 Å². The predicted molar refractivity (Wildman–Crippen MR) is 87.6 cm³/mol. The average Bonchev–Trinajstić information content (AvgIpc) is 2.91. The topological polar surface area (TPSA) is 41.1 Å². The van der Waals surface area contributed by atoms with Crippen LogP contribution in [0.5, 0.6) is 0 Å². The van der Waals surface area contributed by atoms with E-state index in [0.717, 1.165) is 6.42 Å². The lowest BCUT2D eigenvalue weighted by molar-refractivity contribution is -0.118. The first-order valence-electron chi connectivity index (χ1n) is 7.70. The van der Waals surface area contributed by atoms with Gasteiger partial charge in [0, 0.05) is 5.92 Å². The molecule has 0 aromatic carbocycles. The van der Waals surface area contributed by atoms with Crippen molar-refractivity contribution in [1.29, 1.82) is 0 Å². The van der Waals surface area contributed by atoms with E-state index in [-0.39, 0.29) is 11.8 Å². The van der Waals surface area contributed by atoms with Crippen LogP contribution in [0.4, 0.5) is 0 Å². The number of allylic oxidation sites excluding steroid dienone is 2. The van der Waals surface area contributed by atoms with Crippen LogP contribution in [0.15, 0.2) is 36.1 Å². The summed E-state index contributed by atoms with van der Waals surface area (Å²) in [4.78, 5) is 11.4. The van der Waals surface area contributed by atoms with Gasteiger partial charge in [0.1, 0.15) is 5.78 Å². The second-order valence-corrected chi connectivity index (χ2v) is 4.36. The van der Waals surface area contributed by atoms with Crippen molar-refractivity contribution < 1.29 is 4.79 Å². The molecule has 20 heavy (non-hydrogen) atoms. The molecule has 0 radical (unpaired) electrons. The molecule has 0 fully saturated rings. The van der Waals surface area contributed by atoms with Gasteiger partial charge in [-0.25, -0.2) is 0 Å². The van der Waals surface area contributed by atoms with Crippen molar-refractivity contribution in [1.82, 2.24) is 10.6 Å². The Balaban J connectivity index is 0.000000829. The van der Waals surface area contributed by atoms with Gasteiger partial charge in [-0.15, -0.1) is 0 Å². The van der Waals surface area contributed by atoms with E-state index in [4.69, 9.17) is 0 Å². The van der Waals surface area contributed by atoms with Gasteiger partial charge in [-0.05, 0) is 32.2 Å². The zero-order chi connectivity index (χ0) is 15.5. The second kappa shape index (κ2) is 10.4. The van der Waals surface area contributed by atoms with E-state index >= 15 is 0 Å². The number of carbonyl (C=O) groups excluding carboxylic acids is 1. The van der Waals surface area contributed by atoms with Crippen molar-refractivity contribution in [2.24, 2.45) is 5.92 Å². The zero-order valence-corrected chi connectivity index (χ0v) is 13.7. The minimum atomic E-state index is -0.0638. The highest BCUT2D eigenvalue weighted by Gasteiger charge is 2.28. The number of hydrogen-bond donors (Lipinski definition) is 2. The van der Waals surface area contributed by atoms with Gasteiger partial charge in [-0.2, -0.15) is 0 Å². The Hall–Kier alpha value is -1.35. The van der Waals surface area contributed by atoms with Crippen LogP contribution >= 0.6 is 0 Å². The lowest BCUT2D eigenvalue weighted by atomic mass is 9.87. The number of Topliss-reactive ketones (excluding diaryl/α,β-unsaturated/α-hetero) is 1. The summed E-state index contributed by atoms with van der Waals surface area (Å²) in [6.45, 7) is 9.64. The highest BCUT2D eigenvalue weighted by molar-refractivity contribution is 5.81. The first-order valence-corrected chi connectivity index (χ1v) is 7.70. The standard InChI is InChI=1S/C13H18N2O.2C2H6/c1-9(16)13(14-2)7-10-8-15-12-6-4-3-5-11(10)12;2*1-2/h3-6,8,11-15H,7H2,1-2H3;2*1-2H3. The Bertz CT molecular complexity index is 369. The summed E-state index contributed by atoms with van der Waals surface area (Å²) < 4.78 is 0. The Labute approximate surface area is 124 Å². The van der Waals surface area contributed by atoms with Crippen LogP contribution in [0.2, 0.25) is 0 Å². The van der Waals surface area contributed by atoms with E-state index in [2.05, 4.69) is 41.1 Å². The predicted octanol–water partition coefficient (Wildman–Crippen LogP) is 3.20. The summed E-state index contributed by atoms with van der Waals surface area (Å²) in [5, 5.41) is 6.40. The molecule has 3 atom stereocenters. The fraction of sp³-hybridized carbons (Fsp3) is 0.588. The highest BCUT2D eigenvalue weighted by atomic mass is 16.1. The molecule has 2 rings (SSSR count). The van der Waals surface area contributed by atoms with E-state index in [0.29, 0.717) is 12.0 Å². The quantitative estimate of drug-likeness (QED) is 0.829. The number of ketones is 1. The van der Waals surface area contributed by atoms with Crippen LogP contribution in [0.3, 0.4) is 0 Å². The average molecular weight is 278 g/mol. The first-order chi connectivity index (χ1) is 9.72. The summed E-state index contributed by atoms with van der Waals surface area (Å²) in [5.74, 6) is 0.613. The molecule has 114 valence electrons. The monoisotopic (exact) mass is 278 g/mol. The van der Waals surface area contributed by atoms with Crippen molar-refractivity contribution >= 4 is 5.78 Å². The fourth-order valence-electron chi connectivity index (χ4n) is 2.30. The Morgan fingerprint density at radius 1 is 1.25 bits per heavy atom. The molecular weight excluding hydrogens is 248 g/mol. The van der Waals surface area contributed by atoms with Gasteiger partial charge in [0.05, 0.1) is 12.1 Å². The van der Waals surface area contributed by atoms with Crippen LogP contribution in [0.25, 0.3) is 0 Å². The van der Waals surface area contributed by atoms with E-state index < -0.39 is 0 Å². The van der Waals surface area contributed by atoms with Gasteiger partial charge >= 0.3 is 0 Å². The smallest absolute Gasteiger partial charge is 0.146 e. The van der Waals surface area contributed by atoms with E-state index in [1.54, 1.807) is 6.92 Å². The van der Waals surface area contributed by atoms with E-state index in [9.17, 15) is 4.79 Å². The maximum Gasteiger partial charge on any atom is 0.146 e. The van der Waals surface area contributed by atoms with Crippen molar-refractivity contribution in [3.8, 4) is 0 Å². The normalized spacial score (nSPS) is 23.2. The number of carbonyl (C=O) groups is 1. The SMILES string of the molecule is CC.CC.CNC(CC1=CNC2C=CC=CC12)C(C)=O. The van der Waals surface area contributed by atoms with Crippen molar-refractivity contribution in [2.75, 3.05) is 7.05 Å². The number of likely N-dealkylation sites (N-methyl/N-ethyl adjacent to an activating group) is 1. The maximum atomic E-state index is 11.4. The molecule has 0 spiro atoms. The number of nitrogens with one attached hydrogen (secondary N) is 2. The summed E-state index contributed by atoms with van der Waals surface area (Å²) in [6.07, 6.45) is 11.3. The third kappa shape index (κ3) is 4.97. The molecule has 3 nitrogen and oxygen atoms in total. The molecule has 0 bridgehead atoms. The molecule has 0 saturated heterocycles. The molecule has 0 aromatic heterocycles. The van der Waals surface area contributed by atoms with Gasteiger partial charge in [-0.1, -0.05) is 52.0 Å². The highest BCUT2D eigenvalue weighted by Crippen LogP contribution is 2.29. The number of rotatable bonds is 4. The summed E-state index contributed by atoms with van der Waals surface area (Å²) in [6, 6.07) is 0.315. The minimum absolute atomic E-state index is 0.0638. The van der Waals surface area contributed by atoms with Crippen molar-refractivity contribution in [3.63, 3.8) is 0 Å². The molecule has 1 aliphatic heterocycles. The third-order valence-electron chi connectivity index (χ3n) is 3.30. The van der Waals surface area contributed by atoms with Crippen LogP contribution < -0.4 is 10.6 Å².